The van der Waals surface area contributed by atoms with Crippen LogP contribution in [0.3, 0.4) is 0 Å². The molecule has 1 saturated heterocycles. The maximum Gasteiger partial charge on any atom is 0.0575 e. The van der Waals surface area contributed by atoms with Gasteiger partial charge in [-0.05, 0) is 25.7 Å². The molecule has 0 unspecified atom stereocenters. The normalized spacial score (nSPS) is 22.5. The van der Waals surface area contributed by atoms with E-state index in [1.807, 2.05) is 0 Å². The van der Waals surface area contributed by atoms with Crippen molar-refractivity contribution in [1.29, 1.82) is 0 Å². The van der Waals surface area contributed by atoms with Gasteiger partial charge in [0.2, 0.25) is 0 Å². The van der Waals surface area contributed by atoms with Gasteiger partial charge < -0.3 is 4.74 Å². The smallest absolute Gasteiger partial charge is 0.0575 e. The van der Waals surface area contributed by atoms with Crippen molar-refractivity contribution in [3.05, 3.63) is 0 Å². The third-order valence-electron chi connectivity index (χ3n) is 3.15. The molecule has 1 aliphatic rings. The Labute approximate surface area is 89.2 Å². The Morgan fingerprint density at radius 2 is 1.79 bits per heavy atom. The first-order valence-electron chi connectivity index (χ1n) is 6.55. The van der Waals surface area contributed by atoms with Gasteiger partial charge in [0.1, 0.15) is 0 Å². The Balaban J connectivity index is 1.82. The van der Waals surface area contributed by atoms with Crippen molar-refractivity contribution < 1.29 is 4.74 Å². The minimum atomic E-state index is 0.606. The fourth-order valence-electron chi connectivity index (χ4n) is 2.19. The molecule has 1 nitrogen and oxygen atoms in total. The Bertz CT molecular complexity index is 116. The molecule has 0 aromatic carbocycles. The van der Waals surface area contributed by atoms with Crippen LogP contribution in [0.15, 0.2) is 0 Å². The lowest BCUT2D eigenvalue weighted by Gasteiger charge is -2.22. The number of hydrogen-bond acceptors (Lipinski definition) is 1. The molecule has 0 amide bonds. The van der Waals surface area contributed by atoms with Crippen molar-refractivity contribution in [2.24, 2.45) is 0 Å². The van der Waals surface area contributed by atoms with Crippen LogP contribution in [-0.4, -0.2) is 12.7 Å². The van der Waals surface area contributed by atoms with Gasteiger partial charge in [0.05, 0.1) is 6.10 Å². The second-order valence-electron chi connectivity index (χ2n) is 4.55. The summed E-state index contributed by atoms with van der Waals surface area (Å²) in [6.07, 6.45) is 14.3. The highest BCUT2D eigenvalue weighted by Crippen LogP contribution is 2.18. The number of unbranched alkanes of at least 4 members (excludes halogenated alkanes) is 5. The first-order chi connectivity index (χ1) is 6.93. The van der Waals surface area contributed by atoms with Crippen LogP contribution in [0.1, 0.15) is 71.1 Å². The van der Waals surface area contributed by atoms with E-state index in [4.69, 9.17) is 4.74 Å². The Morgan fingerprint density at radius 1 is 1.00 bits per heavy atom. The topological polar surface area (TPSA) is 9.23 Å². The Hall–Kier alpha value is -0.0400. The molecule has 1 atom stereocenters. The number of ether oxygens (including phenoxy) is 1. The van der Waals surface area contributed by atoms with Gasteiger partial charge in [0.25, 0.3) is 0 Å². The van der Waals surface area contributed by atoms with Crippen LogP contribution in [0.25, 0.3) is 0 Å². The maximum absolute atomic E-state index is 5.71. The van der Waals surface area contributed by atoms with Crippen LogP contribution in [0, 0.1) is 0 Å². The summed E-state index contributed by atoms with van der Waals surface area (Å²) in [4.78, 5) is 0. The van der Waals surface area contributed by atoms with Crippen LogP contribution in [0.4, 0.5) is 0 Å². The van der Waals surface area contributed by atoms with E-state index in [-0.39, 0.29) is 0 Å². The molecule has 1 heterocycles. The molecule has 0 spiro atoms. The van der Waals surface area contributed by atoms with Crippen LogP contribution >= 0.6 is 0 Å². The summed E-state index contributed by atoms with van der Waals surface area (Å²) in [5.41, 5.74) is 0. The van der Waals surface area contributed by atoms with Gasteiger partial charge in [0, 0.05) is 6.61 Å². The zero-order valence-corrected chi connectivity index (χ0v) is 9.76. The van der Waals surface area contributed by atoms with Gasteiger partial charge in [-0.2, -0.15) is 0 Å². The van der Waals surface area contributed by atoms with E-state index in [0.29, 0.717) is 6.10 Å². The molecule has 84 valence electrons. The molecule has 1 aliphatic heterocycles. The fourth-order valence-corrected chi connectivity index (χ4v) is 2.19. The second-order valence-corrected chi connectivity index (χ2v) is 4.55. The van der Waals surface area contributed by atoms with Gasteiger partial charge in [-0.25, -0.2) is 0 Å². The monoisotopic (exact) mass is 198 g/mol. The summed E-state index contributed by atoms with van der Waals surface area (Å²) in [5.74, 6) is 0. The van der Waals surface area contributed by atoms with Gasteiger partial charge >= 0.3 is 0 Å². The molecule has 1 fully saturated rings. The van der Waals surface area contributed by atoms with Gasteiger partial charge in [-0.15, -0.1) is 0 Å². The van der Waals surface area contributed by atoms with Gasteiger partial charge in [-0.1, -0.05) is 45.4 Å². The van der Waals surface area contributed by atoms with Crippen LogP contribution < -0.4 is 0 Å². The first-order valence-corrected chi connectivity index (χ1v) is 6.55. The number of hydrogen-bond donors (Lipinski definition) is 0. The van der Waals surface area contributed by atoms with Crippen LogP contribution in [0.2, 0.25) is 0 Å². The highest BCUT2D eigenvalue weighted by Gasteiger charge is 2.12. The second kappa shape index (κ2) is 8.28. The maximum atomic E-state index is 5.71. The molecule has 1 heteroatoms. The molecular formula is C13H26O. The fraction of sp³-hybridized carbons (Fsp3) is 1.00. The van der Waals surface area contributed by atoms with E-state index < -0.39 is 0 Å². The predicted molar refractivity (Wildman–Crippen MR) is 61.6 cm³/mol. The summed E-state index contributed by atoms with van der Waals surface area (Å²) in [6, 6.07) is 0. The summed E-state index contributed by atoms with van der Waals surface area (Å²) < 4.78 is 5.71. The highest BCUT2D eigenvalue weighted by atomic mass is 16.5. The van der Waals surface area contributed by atoms with Gasteiger partial charge in [-0.3, -0.25) is 0 Å². The van der Waals surface area contributed by atoms with E-state index in [1.54, 1.807) is 0 Å². The van der Waals surface area contributed by atoms with Crippen molar-refractivity contribution in [3.63, 3.8) is 0 Å². The summed E-state index contributed by atoms with van der Waals surface area (Å²) in [6.45, 7) is 3.29. The molecule has 0 aromatic rings. The Kier molecular flexibility index (Phi) is 7.12. The summed E-state index contributed by atoms with van der Waals surface area (Å²) in [7, 11) is 0. The molecule has 0 aromatic heterocycles. The molecule has 1 rings (SSSR count). The predicted octanol–water partition coefficient (Wildman–Crippen LogP) is 4.31. The lowest BCUT2D eigenvalue weighted by atomic mass is 10.0. The molecule has 0 saturated carbocycles. The van der Waals surface area contributed by atoms with Crippen molar-refractivity contribution >= 4 is 0 Å². The third-order valence-corrected chi connectivity index (χ3v) is 3.15. The molecule has 14 heavy (non-hydrogen) atoms. The minimum absolute atomic E-state index is 0.606. The average molecular weight is 198 g/mol. The highest BCUT2D eigenvalue weighted by molar-refractivity contribution is 4.63. The van der Waals surface area contributed by atoms with Crippen LogP contribution in [-0.2, 0) is 4.74 Å². The largest absolute Gasteiger partial charge is 0.378 e. The average Bonchev–Trinajstić information content (AvgIpc) is 2.25. The van der Waals surface area contributed by atoms with E-state index in [0.717, 1.165) is 6.61 Å². The SMILES string of the molecule is CCCCCCCC[C@@H]1CCCCO1. The standard InChI is InChI=1S/C13H26O/c1-2-3-4-5-6-7-10-13-11-8-9-12-14-13/h13H,2-12H2,1H3/t13-/m1/s1. The third kappa shape index (κ3) is 5.64. The lowest BCUT2D eigenvalue weighted by Crippen LogP contribution is -2.18. The van der Waals surface area contributed by atoms with Crippen molar-refractivity contribution in [2.45, 2.75) is 77.2 Å². The molecule has 0 bridgehead atoms. The minimum Gasteiger partial charge on any atom is -0.378 e. The summed E-state index contributed by atoms with van der Waals surface area (Å²) in [5, 5.41) is 0. The van der Waals surface area contributed by atoms with Gasteiger partial charge in [0.15, 0.2) is 0 Å². The van der Waals surface area contributed by atoms with Crippen LogP contribution in [0.5, 0.6) is 0 Å². The quantitative estimate of drug-likeness (QED) is 0.554. The summed E-state index contributed by atoms with van der Waals surface area (Å²) >= 11 is 0. The van der Waals surface area contributed by atoms with E-state index >= 15 is 0 Å². The molecular weight excluding hydrogens is 172 g/mol. The molecule has 0 aliphatic carbocycles. The van der Waals surface area contributed by atoms with Crippen molar-refractivity contribution in [3.8, 4) is 0 Å². The van der Waals surface area contributed by atoms with Crippen molar-refractivity contribution in [2.75, 3.05) is 6.61 Å². The number of rotatable bonds is 7. The van der Waals surface area contributed by atoms with E-state index in [9.17, 15) is 0 Å². The van der Waals surface area contributed by atoms with Crippen molar-refractivity contribution in [1.82, 2.24) is 0 Å². The molecule has 0 radical (unpaired) electrons. The zero-order valence-electron chi connectivity index (χ0n) is 9.76. The molecule has 0 N–H and O–H groups in total. The van der Waals surface area contributed by atoms with E-state index in [1.165, 1.54) is 64.2 Å². The first kappa shape index (κ1) is 12.0. The Morgan fingerprint density at radius 3 is 2.50 bits per heavy atom. The zero-order chi connectivity index (χ0) is 10.1. The van der Waals surface area contributed by atoms with E-state index in [2.05, 4.69) is 6.92 Å². The lowest BCUT2D eigenvalue weighted by molar-refractivity contribution is 0.00977.